The Morgan fingerprint density at radius 1 is 1.38 bits per heavy atom. The fraction of sp³-hybridized carbons (Fsp3) is 0.300. The fourth-order valence-corrected chi connectivity index (χ4v) is 1.64. The Morgan fingerprint density at radius 3 is 3.00 bits per heavy atom. The van der Waals surface area contributed by atoms with Gasteiger partial charge in [-0.15, -0.1) is 12.4 Å². The molecule has 1 aromatic rings. The molecule has 0 saturated carbocycles. The zero-order chi connectivity index (χ0) is 8.39. The van der Waals surface area contributed by atoms with Gasteiger partial charge in [-0.25, -0.2) is 0 Å². The summed E-state index contributed by atoms with van der Waals surface area (Å²) in [7, 11) is 0. The minimum absolute atomic E-state index is 0. The molecule has 0 fully saturated rings. The number of benzene rings is 1. The first-order valence-corrected chi connectivity index (χ1v) is 4.13. The van der Waals surface area contributed by atoms with Crippen molar-refractivity contribution in [2.24, 2.45) is 0 Å². The molecule has 0 atom stereocenters. The molecule has 0 saturated heterocycles. The monoisotopic (exact) mass is 194 g/mol. The Labute approximate surface area is 84.0 Å². The Hall–Kier alpha value is -1.04. The third-order valence-corrected chi connectivity index (χ3v) is 2.26. The van der Waals surface area contributed by atoms with Crippen LogP contribution in [-0.2, 0) is 13.0 Å². The standard InChI is InChI=1S/C10H10N2.ClH/c11-6-8-2-1-3-9-7-12-5-4-10(8)9;/h1-3,12H,4-5,7H2;1H. The summed E-state index contributed by atoms with van der Waals surface area (Å²) in [6, 6.07) is 8.15. The van der Waals surface area contributed by atoms with Crippen molar-refractivity contribution in [2.45, 2.75) is 13.0 Å². The molecule has 1 N–H and O–H groups in total. The maximum atomic E-state index is 8.82. The maximum Gasteiger partial charge on any atom is 0.0994 e. The first kappa shape index (κ1) is 10.0. The number of rotatable bonds is 0. The minimum atomic E-state index is 0. The van der Waals surface area contributed by atoms with Crippen LogP contribution in [0.15, 0.2) is 18.2 Å². The van der Waals surface area contributed by atoms with E-state index in [1.807, 2.05) is 12.1 Å². The van der Waals surface area contributed by atoms with E-state index in [2.05, 4.69) is 17.5 Å². The highest BCUT2D eigenvalue weighted by Gasteiger charge is 2.11. The van der Waals surface area contributed by atoms with E-state index in [1.54, 1.807) is 0 Å². The maximum absolute atomic E-state index is 8.82. The van der Waals surface area contributed by atoms with Gasteiger partial charge in [-0.05, 0) is 30.2 Å². The van der Waals surface area contributed by atoms with Crippen LogP contribution in [-0.4, -0.2) is 6.54 Å². The summed E-state index contributed by atoms with van der Waals surface area (Å²) in [5.74, 6) is 0. The lowest BCUT2D eigenvalue weighted by molar-refractivity contribution is 0.643. The summed E-state index contributed by atoms with van der Waals surface area (Å²) in [6.45, 7) is 1.90. The van der Waals surface area contributed by atoms with E-state index < -0.39 is 0 Å². The molecule has 0 spiro atoms. The van der Waals surface area contributed by atoms with Crippen molar-refractivity contribution in [3.05, 3.63) is 34.9 Å². The molecule has 1 heterocycles. The number of nitriles is 1. The number of halogens is 1. The molecule has 13 heavy (non-hydrogen) atoms. The lowest BCUT2D eigenvalue weighted by Crippen LogP contribution is -2.24. The molecule has 0 unspecified atom stereocenters. The second-order valence-corrected chi connectivity index (χ2v) is 2.98. The number of fused-ring (bicyclic) bond motifs is 1. The summed E-state index contributed by atoms with van der Waals surface area (Å²) >= 11 is 0. The van der Waals surface area contributed by atoms with E-state index >= 15 is 0 Å². The van der Waals surface area contributed by atoms with Crippen LogP contribution in [0.2, 0.25) is 0 Å². The van der Waals surface area contributed by atoms with Crippen molar-refractivity contribution < 1.29 is 0 Å². The predicted molar refractivity (Wildman–Crippen MR) is 53.8 cm³/mol. The molecular weight excluding hydrogens is 184 g/mol. The second kappa shape index (κ2) is 4.27. The largest absolute Gasteiger partial charge is 0.312 e. The molecule has 2 nitrogen and oxygen atoms in total. The van der Waals surface area contributed by atoms with Crippen molar-refractivity contribution in [3.63, 3.8) is 0 Å². The van der Waals surface area contributed by atoms with Crippen LogP contribution >= 0.6 is 12.4 Å². The first-order valence-electron chi connectivity index (χ1n) is 4.13. The van der Waals surface area contributed by atoms with Gasteiger partial charge >= 0.3 is 0 Å². The molecular formula is C10H11ClN2. The van der Waals surface area contributed by atoms with Gasteiger partial charge in [0.2, 0.25) is 0 Å². The van der Waals surface area contributed by atoms with Crippen LogP contribution in [0.5, 0.6) is 0 Å². The summed E-state index contributed by atoms with van der Waals surface area (Å²) in [5.41, 5.74) is 3.35. The van der Waals surface area contributed by atoms with Gasteiger partial charge in [-0.3, -0.25) is 0 Å². The van der Waals surface area contributed by atoms with E-state index in [9.17, 15) is 0 Å². The zero-order valence-electron chi connectivity index (χ0n) is 7.21. The zero-order valence-corrected chi connectivity index (χ0v) is 8.03. The lowest BCUT2D eigenvalue weighted by Gasteiger charge is -2.17. The molecule has 2 rings (SSSR count). The molecule has 1 aromatic carbocycles. The molecule has 68 valence electrons. The van der Waals surface area contributed by atoms with E-state index in [1.165, 1.54) is 11.1 Å². The van der Waals surface area contributed by atoms with Crippen molar-refractivity contribution in [2.75, 3.05) is 6.54 Å². The number of hydrogen-bond acceptors (Lipinski definition) is 2. The van der Waals surface area contributed by atoms with Crippen molar-refractivity contribution in [1.29, 1.82) is 5.26 Å². The van der Waals surface area contributed by atoms with Crippen LogP contribution in [0.1, 0.15) is 16.7 Å². The summed E-state index contributed by atoms with van der Waals surface area (Å²) in [4.78, 5) is 0. The van der Waals surface area contributed by atoms with Crippen molar-refractivity contribution in [1.82, 2.24) is 5.32 Å². The Balaban J connectivity index is 0.000000845. The number of nitrogens with one attached hydrogen (secondary N) is 1. The summed E-state index contributed by atoms with van der Waals surface area (Å²) in [5, 5.41) is 12.1. The highest BCUT2D eigenvalue weighted by molar-refractivity contribution is 5.85. The average Bonchev–Trinajstić information content (AvgIpc) is 2.17. The van der Waals surface area contributed by atoms with E-state index in [4.69, 9.17) is 5.26 Å². The van der Waals surface area contributed by atoms with Crippen LogP contribution < -0.4 is 5.32 Å². The van der Waals surface area contributed by atoms with Crippen LogP contribution in [0.4, 0.5) is 0 Å². The van der Waals surface area contributed by atoms with E-state index in [-0.39, 0.29) is 12.4 Å². The molecule has 0 bridgehead atoms. The first-order chi connectivity index (χ1) is 5.92. The summed E-state index contributed by atoms with van der Waals surface area (Å²) < 4.78 is 0. The van der Waals surface area contributed by atoms with Gasteiger partial charge in [-0.2, -0.15) is 5.26 Å². The molecule has 0 aromatic heterocycles. The molecule has 1 aliphatic heterocycles. The molecule has 3 heteroatoms. The van der Waals surface area contributed by atoms with Crippen LogP contribution in [0.25, 0.3) is 0 Å². The average molecular weight is 195 g/mol. The summed E-state index contributed by atoms with van der Waals surface area (Å²) in [6.07, 6.45) is 0.985. The highest BCUT2D eigenvalue weighted by Crippen LogP contribution is 2.17. The van der Waals surface area contributed by atoms with Crippen LogP contribution in [0, 0.1) is 11.3 Å². The molecule has 0 amide bonds. The fourth-order valence-electron chi connectivity index (χ4n) is 1.64. The third kappa shape index (κ3) is 1.82. The van der Waals surface area contributed by atoms with E-state index in [0.717, 1.165) is 25.1 Å². The quantitative estimate of drug-likeness (QED) is 0.682. The Bertz CT molecular complexity index is 341. The molecule has 1 aliphatic rings. The second-order valence-electron chi connectivity index (χ2n) is 2.98. The van der Waals surface area contributed by atoms with Gasteiger partial charge in [0.25, 0.3) is 0 Å². The number of hydrogen-bond donors (Lipinski definition) is 1. The Morgan fingerprint density at radius 2 is 2.23 bits per heavy atom. The highest BCUT2D eigenvalue weighted by atomic mass is 35.5. The number of nitrogens with zero attached hydrogens (tertiary/aromatic N) is 1. The smallest absolute Gasteiger partial charge is 0.0994 e. The van der Waals surface area contributed by atoms with Gasteiger partial charge < -0.3 is 5.32 Å². The predicted octanol–water partition coefficient (Wildman–Crippen LogP) is 1.63. The Kier molecular flexibility index (Phi) is 3.30. The lowest BCUT2D eigenvalue weighted by atomic mass is 9.96. The van der Waals surface area contributed by atoms with Crippen molar-refractivity contribution in [3.8, 4) is 6.07 Å². The SMILES string of the molecule is Cl.N#Cc1cccc2c1CCNC2. The van der Waals surface area contributed by atoms with Gasteiger partial charge in [0.1, 0.15) is 0 Å². The normalized spacial score (nSPS) is 13.8. The van der Waals surface area contributed by atoms with Gasteiger partial charge in [0, 0.05) is 6.54 Å². The minimum Gasteiger partial charge on any atom is -0.312 e. The van der Waals surface area contributed by atoms with Crippen molar-refractivity contribution >= 4 is 12.4 Å². The van der Waals surface area contributed by atoms with Gasteiger partial charge in [-0.1, -0.05) is 12.1 Å². The molecule has 0 radical (unpaired) electrons. The third-order valence-electron chi connectivity index (χ3n) is 2.26. The van der Waals surface area contributed by atoms with Crippen LogP contribution in [0.3, 0.4) is 0 Å². The van der Waals surface area contributed by atoms with Gasteiger partial charge in [0.05, 0.1) is 11.6 Å². The van der Waals surface area contributed by atoms with Gasteiger partial charge in [0.15, 0.2) is 0 Å². The topological polar surface area (TPSA) is 35.8 Å². The van der Waals surface area contributed by atoms with E-state index in [0.29, 0.717) is 0 Å². The molecule has 0 aliphatic carbocycles.